The number of nitrogens with one attached hydrogen (secondary N) is 2. The Bertz CT molecular complexity index is 1010. The number of halogens is 1. The highest BCUT2D eigenvalue weighted by molar-refractivity contribution is 6.35. The van der Waals surface area contributed by atoms with Gasteiger partial charge in [0.15, 0.2) is 0 Å². The summed E-state index contributed by atoms with van der Waals surface area (Å²) < 4.78 is 19.8. The molecule has 10 heteroatoms. The number of para-hydroxylation sites is 1. The van der Waals surface area contributed by atoms with E-state index in [9.17, 15) is 18.8 Å². The highest BCUT2D eigenvalue weighted by Crippen LogP contribution is 2.25. The monoisotopic (exact) mass is 485 g/mol. The third kappa shape index (κ3) is 6.39. The molecule has 188 valence electrons. The Morgan fingerprint density at radius 2 is 1.77 bits per heavy atom. The number of hydrogen-bond donors (Lipinski definition) is 2. The Hall–Kier alpha value is -3.40. The molecule has 4 rings (SSSR count). The molecule has 0 bridgehead atoms. The molecule has 0 spiro atoms. The Morgan fingerprint density at radius 1 is 1.00 bits per heavy atom. The van der Waals surface area contributed by atoms with Crippen molar-refractivity contribution in [3.05, 3.63) is 54.2 Å². The first-order valence-corrected chi connectivity index (χ1v) is 12.1. The first-order valence-electron chi connectivity index (χ1n) is 12.1. The lowest BCUT2D eigenvalue weighted by Gasteiger charge is -2.39. The lowest BCUT2D eigenvalue weighted by Crippen LogP contribution is -2.51. The van der Waals surface area contributed by atoms with Gasteiger partial charge in [0, 0.05) is 58.8 Å². The molecule has 9 nitrogen and oxygen atoms in total. The molecule has 2 saturated heterocycles. The van der Waals surface area contributed by atoms with E-state index in [1.165, 1.54) is 6.07 Å². The van der Waals surface area contributed by atoms with Gasteiger partial charge in [-0.25, -0.2) is 4.39 Å². The standard InChI is InChI=1S/C25H32FN5O4/c26-19-6-1-2-7-20(19)29-13-15-30(16-14-29)21(22-8-4-17-35-22)18-28-25(34)24(33)27-10-5-12-31-11-3-9-23(31)32/h1-2,4,6-8,17,21H,3,5,9-16,18H2,(H,27,33)(H,28,34). The summed E-state index contributed by atoms with van der Waals surface area (Å²) in [6, 6.07) is 10.1. The Labute approximate surface area is 204 Å². The normalized spacial score (nSPS) is 17.5. The zero-order valence-electron chi connectivity index (χ0n) is 19.7. The largest absolute Gasteiger partial charge is 0.468 e. The maximum absolute atomic E-state index is 14.2. The minimum atomic E-state index is -0.705. The molecule has 2 aromatic rings. The van der Waals surface area contributed by atoms with Gasteiger partial charge in [-0.15, -0.1) is 0 Å². The highest BCUT2D eigenvalue weighted by Gasteiger charge is 2.29. The van der Waals surface area contributed by atoms with Crippen molar-refractivity contribution >= 4 is 23.4 Å². The van der Waals surface area contributed by atoms with Crippen molar-refractivity contribution in [2.24, 2.45) is 0 Å². The smallest absolute Gasteiger partial charge is 0.309 e. The van der Waals surface area contributed by atoms with E-state index in [4.69, 9.17) is 4.42 Å². The number of carbonyl (C=O) groups is 3. The number of benzene rings is 1. The van der Waals surface area contributed by atoms with Crippen LogP contribution in [0, 0.1) is 5.82 Å². The molecular weight excluding hydrogens is 453 g/mol. The van der Waals surface area contributed by atoms with E-state index in [-0.39, 0.29) is 24.3 Å². The second-order valence-corrected chi connectivity index (χ2v) is 8.81. The van der Waals surface area contributed by atoms with Crippen molar-refractivity contribution in [2.75, 3.05) is 57.3 Å². The van der Waals surface area contributed by atoms with Crippen LogP contribution < -0.4 is 15.5 Å². The minimum Gasteiger partial charge on any atom is -0.468 e. The maximum atomic E-state index is 14.2. The number of rotatable bonds is 9. The number of likely N-dealkylation sites (tertiary alicyclic amines) is 1. The molecule has 2 aliphatic heterocycles. The van der Waals surface area contributed by atoms with Crippen LogP contribution in [-0.4, -0.2) is 79.9 Å². The molecule has 0 aliphatic carbocycles. The van der Waals surface area contributed by atoms with Crippen molar-refractivity contribution in [3.8, 4) is 0 Å². The molecule has 1 aromatic heterocycles. The fraction of sp³-hybridized carbons (Fsp3) is 0.480. The summed E-state index contributed by atoms with van der Waals surface area (Å²) in [6.45, 7) is 4.44. The van der Waals surface area contributed by atoms with Crippen molar-refractivity contribution < 1.29 is 23.2 Å². The van der Waals surface area contributed by atoms with Gasteiger partial charge in [0.05, 0.1) is 18.0 Å². The molecule has 0 saturated carbocycles. The molecule has 3 amide bonds. The Morgan fingerprint density at radius 3 is 2.46 bits per heavy atom. The van der Waals surface area contributed by atoms with Crippen LogP contribution in [-0.2, 0) is 14.4 Å². The minimum absolute atomic E-state index is 0.146. The second kappa shape index (κ2) is 11.8. The zero-order chi connectivity index (χ0) is 24.6. The van der Waals surface area contributed by atoms with E-state index in [0.717, 1.165) is 13.0 Å². The zero-order valence-corrected chi connectivity index (χ0v) is 19.7. The molecule has 1 atom stereocenters. The predicted octanol–water partition coefficient (Wildman–Crippen LogP) is 1.53. The second-order valence-electron chi connectivity index (χ2n) is 8.81. The first kappa shape index (κ1) is 24.7. The van der Waals surface area contributed by atoms with Crippen molar-refractivity contribution in [2.45, 2.75) is 25.3 Å². The summed E-state index contributed by atoms with van der Waals surface area (Å²) in [7, 11) is 0. The molecular formula is C25H32FN5O4. The average Bonchev–Trinajstić information content (AvgIpc) is 3.55. The maximum Gasteiger partial charge on any atom is 0.309 e. The summed E-state index contributed by atoms with van der Waals surface area (Å²) in [5.41, 5.74) is 0.584. The van der Waals surface area contributed by atoms with E-state index in [2.05, 4.69) is 15.5 Å². The molecule has 3 heterocycles. The molecule has 1 aromatic carbocycles. The SMILES string of the molecule is O=C(NCCCN1CCCC1=O)C(=O)NCC(c1ccco1)N1CCN(c2ccccc2F)CC1. The average molecular weight is 486 g/mol. The van der Waals surface area contributed by atoms with Gasteiger partial charge in [-0.2, -0.15) is 0 Å². The van der Waals surface area contributed by atoms with Crippen molar-refractivity contribution in [3.63, 3.8) is 0 Å². The van der Waals surface area contributed by atoms with Crippen molar-refractivity contribution in [1.29, 1.82) is 0 Å². The predicted molar refractivity (Wildman–Crippen MR) is 128 cm³/mol. The summed E-state index contributed by atoms with van der Waals surface area (Å²) in [6.07, 6.45) is 3.65. The van der Waals surface area contributed by atoms with Crippen LogP contribution in [0.25, 0.3) is 0 Å². The highest BCUT2D eigenvalue weighted by atomic mass is 19.1. The number of furan rings is 1. The molecule has 35 heavy (non-hydrogen) atoms. The Balaban J connectivity index is 1.25. The van der Waals surface area contributed by atoms with Crippen LogP contribution in [0.15, 0.2) is 47.1 Å². The third-order valence-electron chi connectivity index (χ3n) is 6.54. The quantitative estimate of drug-likeness (QED) is 0.413. The van der Waals surface area contributed by atoms with E-state index in [1.54, 1.807) is 29.4 Å². The van der Waals surface area contributed by atoms with Crippen molar-refractivity contribution in [1.82, 2.24) is 20.4 Å². The molecule has 2 aliphatic rings. The number of amides is 3. The summed E-state index contributed by atoms with van der Waals surface area (Å²) >= 11 is 0. The number of piperazine rings is 1. The summed E-state index contributed by atoms with van der Waals surface area (Å²) in [5.74, 6) is -0.800. The molecule has 2 N–H and O–H groups in total. The number of carbonyl (C=O) groups excluding carboxylic acids is 3. The van der Waals surface area contributed by atoms with Gasteiger partial charge >= 0.3 is 11.8 Å². The topological polar surface area (TPSA) is 98.1 Å². The molecule has 2 fully saturated rings. The van der Waals surface area contributed by atoms with E-state index in [1.807, 2.05) is 17.0 Å². The van der Waals surface area contributed by atoms with Crippen LogP contribution in [0.1, 0.15) is 31.1 Å². The van der Waals surface area contributed by atoms with Gasteiger partial charge in [0.25, 0.3) is 0 Å². The van der Waals surface area contributed by atoms with E-state index < -0.39 is 11.8 Å². The van der Waals surface area contributed by atoms with Gasteiger partial charge in [0.2, 0.25) is 5.91 Å². The number of nitrogens with zero attached hydrogens (tertiary/aromatic N) is 3. The third-order valence-corrected chi connectivity index (χ3v) is 6.54. The van der Waals surface area contributed by atoms with Crippen LogP contribution in [0.3, 0.4) is 0 Å². The lowest BCUT2D eigenvalue weighted by molar-refractivity contribution is -0.139. The summed E-state index contributed by atoms with van der Waals surface area (Å²) in [5, 5.41) is 5.34. The summed E-state index contributed by atoms with van der Waals surface area (Å²) in [4.78, 5) is 42.2. The van der Waals surface area contributed by atoms with Gasteiger partial charge < -0.3 is 24.9 Å². The van der Waals surface area contributed by atoms with Crippen LogP contribution in [0.4, 0.5) is 10.1 Å². The lowest BCUT2D eigenvalue weighted by atomic mass is 10.1. The fourth-order valence-electron chi connectivity index (χ4n) is 4.64. The fourth-order valence-corrected chi connectivity index (χ4v) is 4.64. The first-order chi connectivity index (χ1) is 17.0. The number of hydrogen-bond acceptors (Lipinski definition) is 6. The molecule has 1 unspecified atom stereocenters. The molecule has 0 radical (unpaired) electrons. The van der Waals surface area contributed by atoms with Gasteiger partial charge in [-0.3, -0.25) is 19.3 Å². The van der Waals surface area contributed by atoms with Crippen LogP contribution in [0.5, 0.6) is 0 Å². The van der Waals surface area contributed by atoms with E-state index in [0.29, 0.717) is 63.6 Å². The Kier molecular flexibility index (Phi) is 8.36. The van der Waals surface area contributed by atoms with Gasteiger partial charge in [-0.1, -0.05) is 12.1 Å². The van der Waals surface area contributed by atoms with Gasteiger partial charge in [0.1, 0.15) is 11.6 Å². The number of anilines is 1. The van der Waals surface area contributed by atoms with E-state index >= 15 is 0 Å². The van der Waals surface area contributed by atoms with Gasteiger partial charge in [-0.05, 0) is 37.1 Å². The van der Waals surface area contributed by atoms with Crippen LogP contribution in [0.2, 0.25) is 0 Å². The van der Waals surface area contributed by atoms with Crippen LogP contribution >= 0.6 is 0 Å².